The number of amides is 1. The van der Waals surface area contributed by atoms with Gasteiger partial charge >= 0.3 is 0 Å². The van der Waals surface area contributed by atoms with Gasteiger partial charge in [0.05, 0.1) is 10.1 Å². The van der Waals surface area contributed by atoms with Crippen LogP contribution in [0.1, 0.15) is 19.1 Å². The number of anilines is 1. The molecule has 1 N–H and O–H groups in total. The highest BCUT2D eigenvalue weighted by Crippen LogP contribution is 2.30. The molecule has 0 aliphatic heterocycles. The zero-order valence-electron chi connectivity index (χ0n) is 12.5. The molecule has 3 rings (SSSR count). The largest absolute Gasteiger partial charge is 0.410 e. The van der Waals surface area contributed by atoms with Crippen molar-refractivity contribution in [2.75, 3.05) is 5.32 Å². The van der Waals surface area contributed by atoms with Crippen molar-refractivity contribution in [3.05, 3.63) is 29.3 Å². The second-order valence-electron chi connectivity index (χ2n) is 4.68. The van der Waals surface area contributed by atoms with Gasteiger partial charge in [0.1, 0.15) is 5.76 Å². The number of nitrogens with one attached hydrogen (secondary N) is 1. The highest BCUT2D eigenvalue weighted by atomic mass is 32.2. The van der Waals surface area contributed by atoms with Crippen molar-refractivity contribution in [3.8, 4) is 10.8 Å². The van der Waals surface area contributed by atoms with Crippen LogP contribution in [0, 0.1) is 6.92 Å². The Kier molecular flexibility index (Phi) is 4.77. The summed E-state index contributed by atoms with van der Waals surface area (Å²) in [6.07, 6.45) is 0.615. The van der Waals surface area contributed by atoms with Gasteiger partial charge in [0.2, 0.25) is 5.91 Å². The second-order valence-corrected chi connectivity index (χ2v) is 6.78. The van der Waals surface area contributed by atoms with Crippen molar-refractivity contribution >= 4 is 34.8 Å². The van der Waals surface area contributed by atoms with Crippen LogP contribution in [0.5, 0.6) is 0 Å². The predicted octanol–water partition coefficient (Wildman–Crippen LogP) is 3.60. The van der Waals surface area contributed by atoms with E-state index < -0.39 is 0 Å². The van der Waals surface area contributed by atoms with Gasteiger partial charge in [-0.3, -0.25) is 4.79 Å². The Morgan fingerprint density at radius 2 is 2.35 bits per heavy atom. The first-order chi connectivity index (χ1) is 11.2. The third-order valence-electron chi connectivity index (χ3n) is 2.92. The number of carbonyl (C=O) groups is 1. The number of rotatable bonds is 6. The Morgan fingerprint density at radius 1 is 1.48 bits per heavy atom. The highest BCUT2D eigenvalue weighted by Gasteiger charge is 2.22. The highest BCUT2D eigenvalue weighted by molar-refractivity contribution is 8.00. The van der Waals surface area contributed by atoms with E-state index in [1.807, 2.05) is 24.4 Å². The van der Waals surface area contributed by atoms with Crippen molar-refractivity contribution in [1.82, 2.24) is 15.4 Å². The van der Waals surface area contributed by atoms with Crippen LogP contribution >= 0.6 is 23.1 Å². The van der Waals surface area contributed by atoms with Gasteiger partial charge in [-0.05, 0) is 24.8 Å². The lowest BCUT2D eigenvalue weighted by atomic mass is 10.3. The quantitative estimate of drug-likeness (QED) is 0.679. The summed E-state index contributed by atoms with van der Waals surface area (Å²) in [4.78, 5) is 13.2. The molecule has 0 spiro atoms. The molecule has 0 aromatic carbocycles. The van der Waals surface area contributed by atoms with Gasteiger partial charge in [-0.1, -0.05) is 29.9 Å². The number of nitrogens with zero attached hydrogens (tertiary/aromatic N) is 3. The summed E-state index contributed by atoms with van der Waals surface area (Å²) in [6, 6.07) is 5.49. The van der Waals surface area contributed by atoms with E-state index in [1.165, 1.54) is 23.1 Å². The van der Waals surface area contributed by atoms with Crippen LogP contribution in [0.15, 0.2) is 37.7 Å². The fourth-order valence-corrected chi connectivity index (χ4v) is 3.27. The first-order valence-electron chi connectivity index (χ1n) is 6.94. The minimum atomic E-state index is -0.358. The average Bonchev–Trinajstić information content (AvgIpc) is 3.26. The second kappa shape index (κ2) is 6.97. The van der Waals surface area contributed by atoms with E-state index in [2.05, 4.69) is 20.7 Å². The van der Waals surface area contributed by atoms with Gasteiger partial charge in [0.25, 0.3) is 11.1 Å². The van der Waals surface area contributed by atoms with Crippen molar-refractivity contribution in [2.45, 2.75) is 30.7 Å². The lowest BCUT2D eigenvalue weighted by Gasteiger charge is -2.10. The van der Waals surface area contributed by atoms with Crippen LogP contribution < -0.4 is 5.32 Å². The van der Waals surface area contributed by atoms with E-state index in [4.69, 9.17) is 8.94 Å². The smallest absolute Gasteiger partial charge is 0.277 e. The van der Waals surface area contributed by atoms with Gasteiger partial charge in [-0.25, -0.2) is 0 Å². The molecular weight excluding hydrogens is 336 g/mol. The van der Waals surface area contributed by atoms with Crippen molar-refractivity contribution in [1.29, 1.82) is 0 Å². The van der Waals surface area contributed by atoms with Crippen molar-refractivity contribution in [2.24, 2.45) is 0 Å². The van der Waals surface area contributed by atoms with E-state index in [-0.39, 0.29) is 11.2 Å². The summed E-state index contributed by atoms with van der Waals surface area (Å²) < 4.78 is 10.5. The summed E-state index contributed by atoms with van der Waals surface area (Å²) in [7, 11) is 0. The van der Waals surface area contributed by atoms with Gasteiger partial charge in [-0.15, -0.1) is 21.5 Å². The first kappa shape index (κ1) is 15.8. The Morgan fingerprint density at radius 3 is 3.00 bits per heavy atom. The number of thiophene rings is 1. The molecule has 23 heavy (non-hydrogen) atoms. The summed E-state index contributed by atoms with van der Waals surface area (Å²) in [6.45, 7) is 3.68. The molecule has 0 saturated carbocycles. The van der Waals surface area contributed by atoms with Crippen LogP contribution in [-0.2, 0) is 4.79 Å². The lowest BCUT2D eigenvalue weighted by Crippen LogP contribution is -2.24. The van der Waals surface area contributed by atoms with Crippen LogP contribution in [0.2, 0.25) is 0 Å². The molecule has 1 amide bonds. The van der Waals surface area contributed by atoms with E-state index in [1.54, 1.807) is 13.0 Å². The molecule has 3 aromatic rings. The summed E-state index contributed by atoms with van der Waals surface area (Å²) in [5.41, 5.74) is 0. The van der Waals surface area contributed by atoms with Gasteiger partial charge in [0.15, 0.2) is 5.82 Å². The normalized spacial score (nSPS) is 12.3. The van der Waals surface area contributed by atoms with Crippen molar-refractivity contribution < 1.29 is 13.7 Å². The molecule has 120 valence electrons. The minimum absolute atomic E-state index is 0.179. The molecule has 3 heterocycles. The summed E-state index contributed by atoms with van der Waals surface area (Å²) >= 11 is 2.76. The molecule has 0 aliphatic carbocycles. The zero-order valence-corrected chi connectivity index (χ0v) is 14.1. The molecule has 1 atom stereocenters. The van der Waals surface area contributed by atoms with Gasteiger partial charge < -0.3 is 14.3 Å². The molecule has 9 heteroatoms. The van der Waals surface area contributed by atoms with E-state index in [9.17, 15) is 4.79 Å². The third kappa shape index (κ3) is 3.80. The molecule has 0 saturated heterocycles. The zero-order chi connectivity index (χ0) is 16.2. The van der Waals surface area contributed by atoms with Gasteiger partial charge in [-0.2, -0.15) is 0 Å². The third-order valence-corrected chi connectivity index (χ3v) is 4.98. The molecule has 3 aromatic heterocycles. The maximum Gasteiger partial charge on any atom is 0.277 e. The number of hydrogen-bond donors (Lipinski definition) is 1. The number of carbonyl (C=O) groups excluding carboxylic acids is 1. The molecule has 0 radical (unpaired) electrons. The fourth-order valence-electron chi connectivity index (χ4n) is 1.83. The maximum atomic E-state index is 12.3. The predicted molar refractivity (Wildman–Crippen MR) is 87.4 cm³/mol. The summed E-state index contributed by atoms with van der Waals surface area (Å²) in [5.74, 6) is 1.32. The number of hydrogen-bond acceptors (Lipinski definition) is 8. The molecule has 0 bridgehead atoms. The van der Waals surface area contributed by atoms with Crippen LogP contribution in [0.4, 0.5) is 5.82 Å². The topological polar surface area (TPSA) is 94.0 Å². The Labute approximate surface area is 140 Å². The number of aryl methyl sites for hydroxylation is 1. The molecule has 0 aliphatic rings. The van der Waals surface area contributed by atoms with Crippen molar-refractivity contribution in [3.63, 3.8) is 0 Å². The number of thioether (sulfide) groups is 1. The fraction of sp³-hybridized carbons (Fsp3) is 0.286. The molecule has 1 unspecified atom stereocenters. The molecule has 0 fully saturated rings. The standard InChI is InChI=1S/C14H14N4O3S2/c1-3-9(12(19)15-11-7-8(2)21-18-11)23-14-17-16-13(20-14)10-5-4-6-22-10/h4-7,9H,3H2,1-2H3,(H,15,18,19). The first-order valence-corrected chi connectivity index (χ1v) is 8.70. The van der Waals surface area contributed by atoms with Crippen LogP contribution in [0.25, 0.3) is 10.8 Å². The Hall–Kier alpha value is -2.13. The van der Waals surface area contributed by atoms with Gasteiger partial charge in [0, 0.05) is 6.07 Å². The van der Waals surface area contributed by atoms with Crippen LogP contribution in [-0.4, -0.2) is 26.5 Å². The van der Waals surface area contributed by atoms with Crippen LogP contribution in [0.3, 0.4) is 0 Å². The number of aromatic nitrogens is 3. The SMILES string of the molecule is CCC(Sc1nnc(-c2cccs2)o1)C(=O)Nc1cc(C)on1. The van der Waals surface area contributed by atoms with E-state index in [0.29, 0.717) is 29.1 Å². The minimum Gasteiger partial charge on any atom is -0.410 e. The average molecular weight is 350 g/mol. The van der Waals surface area contributed by atoms with E-state index in [0.717, 1.165) is 4.88 Å². The molecular formula is C14H14N4O3S2. The monoisotopic (exact) mass is 350 g/mol. The lowest BCUT2D eigenvalue weighted by molar-refractivity contribution is -0.115. The van der Waals surface area contributed by atoms with E-state index >= 15 is 0 Å². The Bertz CT molecular complexity index is 782. The summed E-state index contributed by atoms with van der Waals surface area (Å²) in [5, 5.41) is 16.4. The molecule has 7 nitrogen and oxygen atoms in total. The Balaban J connectivity index is 1.66. The maximum absolute atomic E-state index is 12.3.